The smallest absolute Gasteiger partial charge is 0.0588 e. The summed E-state index contributed by atoms with van der Waals surface area (Å²) in [5, 5.41) is 3.44. The van der Waals surface area contributed by atoms with Gasteiger partial charge in [0, 0.05) is 10.5 Å². The summed E-state index contributed by atoms with van der Waals surface area (Å²) in [4.78, 5) is 0.851. The molecule has 4 heteroatoms. The van der Waals surface area contributed by atoms with Crippen LogP contribution in [0.2, 0.25) is 0 Å². The molecule has 21 heavy (non-hydrogen) atoms. The molecule has 0 spiro atoms. The van der Waals surface area contributed by atoms with Gasteiger partial charge in [0.05, 0.1) is 20.9 Å². The molecule has 0 aliphatic carbocycles. The molecule has 0 fully saturated rings. The zero-order valence-electron chi connectivity index (χ0n) is 12.3. The Labute approximate surface area is 137 Å². The van der Waals surface area contributed by atoms with Gasteiger partial charge in [0.15, 0.2) is 0 Å². The van der Waals surface area contributed by atoms with Gasteiger partial charge in [-0.15, -0.1) is 0 Å². The van der Waals surface area contributed by atoms with Gasteiger partial charge in [-0.25, -0.2) is 0 Å². The predicted molar refractivity (Wildman–Crippen MR) is 92.9 cm³/mol. The van der Waals surface area contributed by atoms with Gasteiger partial charge in [0.1, 0.15) is 0 Å². The first-order valence-electron chi connectivity index (χ1n) is 7.08. The van der Waals surface area contributed by atoms with E-state index in [-0.39, 0.29) is 11.3 Å². The van der Waals surface area contributed by atoms with Crippen molar-refractivity contribution in [1.82, 2.24) is 5.32 Å². The van der Waals surface area contributed by atoms with Crippen molar-refractivity contribution in [3.05, 3.63) is 64.6 Å². The molecule has 0 aliphatic rings. The Kier molecular flexibility index (Phi) is 6.15. The van der Waals surface area contributed by atoms with Crippen LogP contribution in [0.1, 0.15) is 25.5 Å². The Bertz CT molecular complexity index is 603. The van der Waals surface area contributed by atoms with Crippen LogP contribution in [0.5, 0.6) is 0 Å². The van der Waals surface area contributed by atoms with Crippen molar-refractivity contribution >= 4 is 26.7 Å². The van der Waals surface area contributed by atoms with E-state index in [9.17, 15) is 4.21 Å². The number of nitrogens with one attached hydrogen (secondary N) is 1. The molecule has 1 N–H and O–H groups in total. The number of benzene rings is 2. The maximum Gasteiger partial charge on any atom is 0.0588 e. The summed E-state index contributed by atoms with van der Waals surface area (Å²) in [6.45, 7) is 4.96. The molecule has 2 nitrogen and oxygen atoms in total. The molecule has 3 atom stereocenters. The van der Waals surface area contributed by atoms with E-state index in [4.69, 9.17) is 0 Å². The first-order valence-corrected chi connectivity index (χ1v) is 9.09. The molecule has 0 amide bonds. The van der Waals surface area contributed by atoms with Gasteiger partial charge < -0.3 is 5.32 Å². The van der Waals surface area contributed by atoms with E-state index >= 15 is 0 Å². The Morgan fingerprint density at radius 3 is 2.33 bits per heavy atom. The van der Waals surface area contributed by atoms with Gasteiger partial charge in [0.2, 0.25) is 0 Å². The van der Waals surface area contributed by atoms with Crippen LogP contribution in [0, 0.1) is 0 Å². The van der Waals surface area contributed by atoms with E-state index in [1.54, 1.807) is 0 Å². The Morgan fingerprint density at radius 1 is 1.10 bits per heavy atom. The molecule has 2 aromatic carbocycles. The molecular formula is C17H20BrNOS. The minimum Gasteiger partial charge on any atom is -0.309 e. The van der Waals surface area contributed by atoms with Crippen LogP contribution in [0.15, 0.2) is 64.0 Å². The lowest BCUT2D eigenvalue weighted by molar-refractivity contribution is 0.535. The monoisotopic (exact) mass is 365 g/mol. The number of hydrogen-bond acceptors (Lipinski definition) is 2. The third-order valence-corrected chi connectivity index (χ3v) is 6.13. The van der Waals surface area contributed by atoms with Crippen molar-refractivity contribution in [1.29, 1.82) is 0 Å². The van der Waals surface area contributed by atoms with E-state index in [2.05, 4.69) is 40.3 Å². The van der Waals surface area contributed by atoms with Crippen molar-refractivity contribution in [2.24, 2.45) is 0 Å². The zero-order valence-corrected chi connectivity index (χ0v) is 14.7. The SMILES string of the molecule is CCNC(c1ccccc1)C(C)S(=O)c1ccccc1Br. The molecule has 2 aromatic rings. The highest BCUT2D eigenvalue weighted by molar-refractivity contribution is 9.10. The van der Waals surface area contributed by atoms with E-state index in [1.807, 2.05) is 49.4 Å². The van der Waals surface area contributed by atoms with Crippen LogP contribution in [0.25, 0.3) is 0 Å². The lowest BCUT2D eigenvalue weighted by Gasteiger charge is -2.25. The molecule has 0 aliphatic heterocycles. The first kappa shape index (κ1) is 16.4. The molecule has 112 valence electrons. The van der Waals surface area contributed by atoms with Crippen molar-refractivity contribution in [2.45, 2.75) is 30.0 Å². The highest BCUT2D eigenvalue weighted by Crippen LogP contribution is 2.28. The van der Waals surface area contributed by atoms with Crippen LogP contribution < -0.4 is 5.32 Å². The van der Waals surface area contributed by atoms with Crippen molar-refractivity contribution < 1.29 is 4.21 Å². The minimum absolute atomic E-state index is 0.0222. The standard InChI is InChI=1S/C17H20BrNOS/c1-3-19-17(14-9-5-4-6-10-14)13(2)21(20)16-12-8-7-11-15(16)18/h4-13,17,19H,3H2,1-2H3. The summed E-state index contributed by atoms with van der Waals surface area (Å²) in [5.74, 6) is 0. The van der Waals surface area contributed by atoms with E-state index in [1.165, 1.54) is 5.56 Å². The molecule has 0 bridgehead atoms. The zero-order chi connectivity index (χ0) is 15.2. The second kappa shape index (κ2) is 7.87. The van der Waals surface area contributed by atoms with Crippen LogP contribution in [-0.2, 0) is 10.8 Å². The van der Waals surface area contributed by atoms with Gasteiger partial charge in [-0.3, -0.25) is 4.21 Å². The Hall–Kier alpha value is -0.970. The van der Waals surface area contributed by atoms with Crippen molar-refractivity contribution in [2.75, 3.05) is 6.54 Å². The summed E-state index contributed by atoms with van der Waals surface area (Å²) >= 11 is 3.50. The third-order valence-electron chi connectivity index (χ3n) is 3.44. The molecule has 0 saturated carbocycles. The molecule has 0 radical (unpaired) electrons. The van der Waals surface area contributed by atoms with Crippen LogP contribution in [0.4, 0.5) is 0 Å². The van der Waals surface area contributed by atoms with E-state index < -0.39 is 10.8 Å². The van der Waals surface area contributed by atoms with Gasteiger partial charge in [0.25, 0.3) is 0 Å². The van der Waals surface area contributed by atoms with Crippen LogP contribution in [-0.4, -0.2) is 16.0 Å². The Morgan fingerprint density at radius 2 is 1.71 bits per heavy atom. The second-order valence-corrected chi connectivity index (χ2v) is 7.51. The lowest BCUT2D eigenvalue weighted by atomic mass is 10.0. The Balaban J connectivity index is 2.29. The average Bonchev–Trinajstić information content (AvgIpc) is 2.52. The molecule has 0 aromatic heterocycles. The fourth-order valence-corrected chi connectivity index (χ4v) is 4.50. The van der Waals surface area contributed by atoms with Gasteiger partial charge in [-0.1, -0.05) is 49.4 Å². The summed E-state index contributed by atoms with van der Waals surface area (Å²) < 4.78 is 13.8. The largest absolute Gasteiger partial charge is 0.309 e. The van der Waals surface area contributed by atoms with Crippen molar-refractivity contribution in [3.63, 3.8) is 0 Å². The average molecular weight is 366 g/mol. The van der Waals surface area contributed by atoms with E-state index in [0.29, 0.717) is 0 Å². The first-order chi connectivity index (χ1) is 10.1. The molecule has 2 rings (SSSR count). The molecule has 3 unspecified atom stereocenters. The third kappa shape index (κ3) is 4.02. The molecule has 0 saturated heterocycles. The highest BCUT2D eigenvalue weighted by atomic mass is 79.9. The summed E-state index contributed by atoms with van der Waals surface area (Å²) in [5.41, 5.74) is 1.17. The van der Waals surface area contributed by atoms with Gasteiger partial charge >= 0.3 is 0 Å². The lowest BCUT2D eigenvalue weighted by Crippen LogP contribution is -2.33. The fourth-order valence-electron chi connectivity index (χ4n) is 2.37. The van der Waals surface area contributed by atoms with Gasteiger partial charge in [-0.2, -0.15) is 0 Å². The number of rotatable bonds is 6. The topological polar surface area (TPSA) is 29.1 Å². The number of halogens is 1. The molecular weight excluding hydrogens is 346 g/mol. The van der Waals surface area contributed by atoms with Crippen molar-refractivity contribution in [3.8, 4) is 0 Å². The highest BCUT2D eigenvalue weighted by Gasteiger charge is 2.25. The van der Waals surface area contributed by atoms with E-state index in [0.717, 1.165) is 15.9 Å². The second-order valence-electron chi connectivity index (χ2n) is 4.88. The minimum atomic E-state index is -1.08. The fraction of sp³-hybridized carbons (Fsp3) is 0.294. The maximum absolute atomic E-state index is 12.9. The van der Waals surface area contributed by atoms with Crippen LogP contribution >= 0.6 is 15.9 Å². The quantitative estimate of drug-likeness (QED) is 0.826. The number of hydrogen-bond donors (Lipinski definition) is 1. The summed E-state index contributed by atoms with van der Waals surface area (Å²) in [7, 11) is -1.08. The maximum atomic E-state index is 12.9. The van der Waals surface area contributed by atoms with Crippen LogP contribution in [0.3, 0.4) is 0 Å². The summed E-state index contributed by atoms with van der Waals surface area (Å²) in [6.07, 6.45) is 0. The normalized spacial score (nSPS) is 15.4. The summed E-state index contributed by atoms with van der Waals surface area (Å²) in [6, 6.07) is 18.0. The predicted octanol–water partition coefficient (Wildman–Crippen LogP) is 4.30. The van der Waals surface area contributed by atoms with Gasteiger partial charge in [-0.05, 0) is 47.1 Å². The molecule has 0 heterocycles.